The lowest BCUT2D eigenvalue weighted by atomic mass is 9.73. The molecule has 2 saturated heterocycles. The number of fused-ring (bicyclic) bond motifs is 4. The van der Waals surface area contributed by atoms with Gasteiger partial charge in [-0.1, -0.05) is 96.4 Å². The number of likely N-dealkylation sites (tertiary alicyclic amines) is 2. The number of piperidine rings is 2. The van der Waals surface area contributed by atoms with E-state index in [0.29, 0.717) is 28.3 Å². The van der Waals surface area contributed by atoms with Crippen LogP contribution in [0.25, 0.3) is 0 Å². The number of aromatic nitrogens is 4. The molecule has 6 rings (SSSR count). The van der Waals surface area contributed by atoms with E-state index in [1.807, 2.05) is 0 Å². The molecule has 4 aliphatic rings. The van der Waals surface area contributed by atoms with Crippen LogP contribution in [0.1, 0.15) is 197 Å². The molecule has 56 heavy (non-hydrogen) atoms. The van der Waals surface area contributed by atoms with Crippen molar-refractivity contribution in [3.8, 4) is 0 Å². The SMILES string of the molecule is CC(C)C(C)(C)C.CC(C)C(C)C.CCC(C)C(C)C.Cc1nn(C)c2c1C1(CC2)CCN(C(C)C)CC1.Cc1nn(C)c2c1CCC21CCN(C(C)C)CC1. The third-order valence-corrected chi connectivity index (χ3v) is 15.2. The molecule has 2 aliphatic heterocycles. The zero-order chi connectivity index (χ0) is 42.9. The predicted octanol–water partition coefficient (Wildman–Crippen LogP) is 12.5. The Morgan fingerprint density at radius 3 is 1.34 bits per heavy atom. The molecule has 0 radical (unpaired) electrons. The zero-order valence-corrected chi connectivity index (χ0v) is 41.4. The summed E-state index contributed by atoms with van der Waals surface area (Å²) in [4.78, 5) is 5.24. The van der Waals surface area contributed by atoms with Crippen LogP contribution in [0.4, 0.5) is 0 Å². The highest BCUT2D eigenvalue weighted by Gasteiger charge is 2.46. The van der Waals surface area contributed by atoms with Gasteiger partial charge in [0.1, 0.15) is 0 Å². The van der Waals surface area contributed by atoms with Gasteiger partial charge in [-0.05, 0) is 160 Å². The second kappa shape index (κ2) is 21.6. The molecule has 6 nitrogen and oxygen atoms in total. The minimum absolute atomic E-state index is 0.441. The highest BCUT2D eigenvalue weighted by molar-refractivity contribution is 5.40. The molecule has 326 valence electrons. The van der Waals surface area contributed by atoms with E-state index in [1.165, 1.54) is 101 Å². The van der Waals surface area contributed by atoms with Gasteiger partial charge in [0.15, 0.2) is 0 Å². The lowest BCUT2D eigenvalue weighted by Crippen LogP contribution is -2.45. The van der Waals surface area contributed by atoms with Crippen molar-refractivity contribution in [2.24, 2.45) is 49.1 Å². The Kier molecular flexibility index (Phi) is 19.4. The Bertz CT molecular complexity index is 1320. The number of rotatable bonds is 5. The van der Waals surface area contributed by atoms with Gasteiger partial charge in [-0.2, -0.15) is 10.2 Å². The lowest BCUT2D eigenvalue weighted by Gasteiger charge is -2.41. The minimum atomic E-state index is 0.441. The molecule has 2 aromatic heterocycles. The second-order valence-electron chi connectivity index (χ2n) is 21.5. The van der Waals surface area contributed by atoms with Crippen LogP contribution in [-0.4, -0.2) is 67.6 Å². The summed E-state index contributed by atoms with van der Waals surface area (Å²) < 4.78 is 4.29. The maximum absolute atomic E-state index is 4.64. The monoisotopic (exact) mass is 781 g/mol. The molecule has 0 saturated carbocycles. The molecule has 0 amide bonds. The van der Waals surface area contributed by atoms with E-state index in [2.05, 4.69) is 175 Å². The fraction of sp³-hybridized carbons (Fsp3) is 0.880. The van der Waals surface area contributed by atoms with Crippen LogP contribution in [0.5, 0.6) is 0 Å². The van der Waals surface area contributed by atoms with Crippen molar-refractivity contribution in [1.29, 1.82) is 0 Å². The number of nitrogens with zero attached hydrogens (tertiary/aromatic N) is 6. The van der Waals surface area contributed by atoms with Gasteiger partial charge < -0.3 is 9.80 Å². The van der Waals surface area contributed by atoms with Crippen LogP contribution >= 0.6 is 0 Å². The average Bonchev–Trinajstić information content (AvgIpc) is 3.84. The van der Waals surface area contributed by atoms with Crippen molar-refractivity contribution in [1.82, 2.24) is 29.4 Å². The van der Waals surface area contributed by atoms with Crippen LogP contribution in [0.3, 0.4) is 0 Å². The van der Waals surface area contributed by atoms with Gasteiger partial charge in [0, 0.05) is 54.0 Å². The molecule has 1 atom stereocenters. The molecule has 2 fully saturated rings. The Labute approximate surface area is 349 Å². The van der Waals surface area contributed by atoms with Crippen LogP contribution in [0, 0.1) is 48.9 Å². The average molecular weight is 781 g/mol. The van der Waals surface area contributed by atoms with Crippen LogP contribution in [-0.2, 0) is 37.8 Å². The molecule has 4 heterocycles. The molecule has 0 bridgehead atoms. The van der Waals surface area contributed by atoms with Gasteiger partial charge in [-0.3, -0.25) is 9.36 Å². The summed E-state index contributed by atoms with van der Waals surface area (Å²) >= 11 is 0. The van der Waals surface area contributed by atoms with E-state index < -0.39 is 0 Å². The van der Waals surface area contributed by atoms with Crippen molar-refractivity contribution in [2.45, 2.75) is 212 Å². The van der Waals surface area contributed by atoms with Crippen molar-refractivity contribution in [2.75, 3.05) is 26.2 Å². The summed E-state index contributed by atoms with van der Waals surface area (Å²) in [5, 5.41) is 9.28. The van der Waals surface area contributed by atoms with Gasteiger partial charge in [0.2, 0.25) is 0 Å². The van der Waals surface area contributed by atoms with E-state index in [-0.39, 0.29) is 0 Å². The Morgan fingerprint density at radius 1 is 0.571 bits per heavy atom. The highest BCUT2D eigenvalue weighted by atomic mass is 15.3. The number of aryl methyl sites for hydroxylation is 4. The first-order chi connectivity index (χ1) is 25.8. The van der Waals surface area contributed by atoms with Crippen molar-refractivity contribution in [3.05, 3.63) is 33.9 Å². The first-order valence-electron chi connectivity index (χ1n) is 23.4. The smallest absolute Gasteiger partial charge is 0.0634 e. The molecule has 2 spiro atoms. The van der Waals surface area contributed by atoms with Gasteiger partial charge in [-0.25, -0.2) is 0 Å². The largest absolute Gasteiger partial charge is 0.301 e. The molecular formula is C50H96N6. The lowest BCUT2D eigenvalue weighted by molar-refractivity contribution is 0.125. The molecule has 0 N–H and O–H groups in total. The minimum Gasteiger partial charge on any atom is -0.301 e. The Hall–Kier alpha value is -1.66. The third-order valence-electron chi connectivity index (χ3n) is 15.2. The summed E-state index contributed by atoms with van der Waals surface area (Å²) in [5.74, 6) is 4.27. The summed E-state index contributed by atoms with van der Waals surface area (Å²) in [6.45, 7) is 48.0. The van der Waals surface area contributed by atoms with Gasteiger partial charge in [0.05, 0.1) is 11.4 Å². The fourth-order valence-electron chi connectivity index (χ4n) is 8.71. The van der Waals surface area contributed by atoms with E-state index >= 15 is 0 Å². The first kappa shape index (κ1) is 50.5. The van der Waals surface area contributed by atoms with Crippen molar-refractivity contribution in [3.63, 3.8) is 0 Å². The number of hydrogen-bond acceptors (Lipinski definition) is 4. The summed E-state index contributed by atoms with van der Waals surface area (Å²) in [6, 6.07) is 1.38. The van der Waals surface area contributed by atoms with E-state index in [4.69, 9.17) is 0 Å². The molecule has 2 aromatic rings. The van der Waals surface area contributed by atoms with Crippen LogP contribution in [0.15, 0.2) is 0 Å². The maximum atomic E-state index is 4.64. The quantitative estimate of drug-likeness (QED) is 0.303. The third kappa shape index (κ3) is 13.2. The highest BCUT2D eigenvalue weighted by Crippen LogP contribution is 2.48. The van der Waals surface area contributed by atoms with Gasteiger partial charge in [-0.15, -0.1) is 0 Å². The fourth-order valence-corrected chi connectivity index (χ4v) is 8.71. The topological polar surface area (TPSA) is 42.1 Å². The second-order valence-corrected chi connectivity index (χ2v) is 21.5. The normalized spacial score (nSPS) is 19.4. The molecular weight excluding hydrogens is 685 g/mol. The zero-order valence-electron chi connectivity index (χ0n) is 41.4. The van der Waals surface area contributed by atoms with Crippen LogP contribution < -0.4 is 0 Å². The van der Waals surface area contributed by atoms with Crippen LogP contribution in [0.2, 0.25) is 0 Å². The van der Waals surface area contributed by atoms with Gasteiger partial charge in [0.25, 0.3) is 0 Å². The van der Waals surface area contributed by atoms with Gasteiger partial charge >= 0.3 is 0 Å². The maximum Gasteiger partial charge on any atom is 0.0634 e. The summed E-state index contributed by atoms with van der Waals surface area (Å²) in [5.41, 5.74) is 10.2. The summed E-state index contributed by atoms with van der Waals surface area (Å²) in [7, 11) is 4.24. The first-order valence-corrected chi connectivity index (χ1v) is 23.4. The Balaban J connectivity index is 0.000000266. The van der Waals surface area contributed by atoms with E-state index in [1.54, 1.807) is 16.8 Å². The van der Waals surface area contributed by atoms with E-state index in [0.717, 1.165) is 29.6 Å². The number of hydrogen-bond donors (Lipinski definition) is 0. The molecule has 0 aromatic carbocycles. The molecule has 2 aliphatic carbocycles. The summed E-state index contributed by atoms with van der Waals surface area (Å²) in [6.07, 6.45) is 11.8. The van der Waals surface area contributed by atoms with Crippen molar-refractivity contribution >= 4 is 0 Å². The standard InChI is InChI=1S/2C15H25N3.2C7H16.C6H14/c1-11(2)18-9-7-15(8-10-18)6-5-13-14(15)12(3)16-17(13)4;1-11(2)18-9-7-15(8-10-18)6-5-13-12(3)16-17(4)14(13)15;1-6(2)7(3,4)5;1-5-7(4)6(2)3;1-5(2)6(3)4/h2*11H,5-10H2,1-4H3;6H,1-5H3;6-7H,5H2,1-4H3;5-6H,1-4H3. The van der Waals surface area contributed by atoms with Crippen molar-refractivity contribution < 1.29 is 0 Å². The Morgan fingerprint density at radius 2 is 0.982 bits per heavy atom. The predicted molar refractivity (Wildman–Crippen MR) is 246 cm³/mol. The van der Waals surface area contributed by atoms with E-state index in [9.17, 15) is 0 Å². The molecule has 1 unspecified atom stereocenters. The molecule has 6 heteroatoms.